The van der Waals surface area contributed by atoms with E-state index in [1.807, 2.05) is 6.07 Å². The molecule has 0 bridgehead atoms. The normalized spacial score (nSPS) is 27.2. The number of hydrogen-bond acceptors (Lipinski definition) is 7. The van der Waals surface area contributed by atoms with E-state index in [4.69, 9.17) is 4.74 Å². The first kappa shape index (κ1) is 19.7. The SMILES string of the molecule is CO[C@@H]1CNC[C@H](NCc2cccc3c2C(=O)N(C2CCC(=O)NC2=O)C3=O)C1. The van der Waals surface area contributed by atoms with Crippen LogP contribution in [0.2, 0.25) is 0 Å². The van der Waals surface area contributed by atoms with Crippen LogP contribution in [0, 0.1) is 0 Å². The summed E-state index contributed by atoms with van der Waals surface area (Å²) >= 11 is 0. The summed E-state index contributed by atoms with van der Waals surface area (Å²) < 4.78 is 5.41. The van der Waals surface area contributed by atoms with Crippen LogP contribution < -0.4 is 16.0 Å². The molecule has 3 aliphatic heterocycles. The zero-order valence-corrected chi connectivity index (χ0v) is 16.2. The minimum absolute atomic E-state index is 0.105. The van der Waals surface area contributed by atoms with E-state index in [9.17, 15) is 19.2 Å². The first-order valence-electron chi connectivity index (χ1n) is 9.80. The molecule has 0 radical (unpaired) electrons. The van der Waals surface area contributed by atoms with Gasteiger partial charge in [-0.15, -0.1) is 0 Å². The zero-order valence-electron chi connectivity index (χ0n) is 16.2. The fourth-order valence-corrected chi connectivity index (χ4v) is 4.22. The van der Waals surface area contributed by atoms with Gasteiger partial charge in [0.15, 0.2) is 0 Å². The van der Waals surface area contributed by atoms with Crippen molar-refractivity contribution in [3.8, 4) is 0 Å². The number of piperidine rings is 2. The Balaban J connectivity index is 1.52. The lowest BCUT2D eigenvalue weighted by Crippen LogP contribution is -2.54. The quantitative estimate of drug-likeness (QED) is 0.574. The number of amides is 4. The second-order valence-electron chi connectivity index (χ2n) is 7.62. The molecule has 0 aromatic heterocycles. The van der Waals surface area contributed by atoms with Crippen LogP contribution in [0.1, 0.15) is 45.5 Å². The largest absolute Gasteiger partial charge is 0.380 e. The number of hydrogen-bond donors (Lipinski definition) is 3. The van der Waals surface area contributed by atoms with Gasteiger partial charge in [0.05, 0.1) is 17.2 Å². The number of fused-ring (bicyclic) bond motifs is 1. The highest BCUT2D eigenvalue weighted by Gasteiger charge is 2.45. The number of benzene rings is 1. The Hall–Kier alpha value is -2.62. The van der Waals surface area contributed by atoms with E-state index in [1.165, 1.54) is 0 Å². The Bertz CT molecular complexity index is 870. The number of methoxy groups -OCH3 is 1. The summed E-state index contributed by atoms with van der Waals surface area (Å²) in [5.74, 6) is -1.95. The van der Waals surface area contributed by atoms with Crippen LogP contribution in [-0.4, -0.2) is 66.9 Å². The van der Waals surface area contributed by atoms with Crippen molar-refractivity contribution in [3.05, 3.63) is 34.9 Å². The van der Waals surface area contributed by atoms with Gasteiger partial charge in [0.25, 0.3) is 11.8 Å². The van der Waals surface area contributed by atoms with Crippen molar-refractivity contribution in [1.29, 1.82) is 0 Å². The average molecular weight is 400 g/mol. The molecule has 3 heterocycles. The smallest absolute Gasteiger partial charge is 0.262 e. The Labute approximate surface area is 168 Å². The molecule has 3 aliphatic rings. The Morgan fingerprint density at radius 1 is 1.17 bits per heavy atom. The highest BCUT2D eigenvalue weighted by Crippen LogP contribution is 2.30. The minimum Gasteiger partial charge on any atom is -0.380 e. The molecule has 154 valence electrons. The number of nitrogens with one attached hydrogen (secondary N) is 3. The van der Waals surface area contributed by atoms with Crippen molar-refractivity contribution in [1.82, 2.24) is 20.9 Å². The van der Waals surface area contributed by atoms with Crippen molar-refractivity contribution in [2.75, 3.05) is 20.2 Å². The van der Waals surface area contributed by atoms with Gasteiger partial charge in [-0.05, 0) is 24.5 Å². The Morgan fingerprint density at radius 2 is 2.00 bits per heavy atom. The van der Waals surface area contributed by atoms with Gasteiger partial charge in [0.1, 0.15) is 6.04 Å². The number of ether oxygens (including phenoxy) is 1. The summed E-state index contributed by atoms with van der Waals surface area (Å²) in [6.45, 7) is 2.03. The molecule has 0 saturated carbocycles. The molecule has 2 fully saturated rings. The van der Waals surface area contributed by atoms with E-state index < -0.39 is 23.8 Å². The summed E-state index contributed by atoms with van der Waals surface area (Å²) in [4.78, 5) is 50.6. The first-order valence-corrected chi connectivity index (χ1v) is 9.80. The summed E-state index contributed by atoms with van der Waals surface area (Å²) in [7, 11) is 1.69. The van der Waals surface area contributed by atoms with Gasteiger partial charge >= 0.3 is 0 Å². The molecule has 1 aromatic rings. The number of nitrogens with zero attached hydrogens (tertiary/aromatic N) is 1. The lowest BCUT2D eigenvalue weighted by molar-refractivity contribution is -0.136. The van der Waals surface area contributed by atoms with Crippen molar-refractivity contribution in [3.63, 3.8) is 0 Å². The monoisotopic (exact) mass is 400 g/mol. The molecule has 3 atom stereocenters. The van der Waals surface area contributed by atoms with Gasteiger partial charge in [-0.3, -0.25) is 29.4 Å². The van der Waals surface area contributed by atoms with Crippen molar-refractivity contribution in [2.24, 2.45) is 0 Å². The maximum absolute atomic E-state index is 13.1. The average Bonchev–Trinajstić information content (AvgIpc) is 2.98. The van der Waals surface area contributed by atoms with E-state index in [2.05, 4.69) is 16.0 Å². The van der Waals surface area contributed by atoms with Crippen LogP contribution in [0.4, 0.5) is 0 Å². The standard InChI is InChI=1S/C20H24N4O5/c1-29-13-7-12(9-21-10-13)22-8-11-3-2-4-14-17(11)20(28)24(19(14)27)15-5-6-16(25)23-18(15)26/h2-4,12-13,15,21-22H,5-10H2,1H3,(H,23,25,26)/t12-,13+,15?/m1/s1. The van der Waals surface area contributed by atoms with Crippen LogP contribution in [0.15, 0.2) is 18.2 Å². The summed E-state index contributed by atoms with van der Waals surface area (Å²) in [5, 5.41) is 8.95. The van der Waals surface area contributed by atoms with Crippen molar-refractivity contribution >= 4 is 23.6 Å². The van der Waals surface area contributed by atoms with Gasteiger partial charge in [0.2, 0.25) is 11.8 Å². The second-order valence-corrected chi connectivity index (χ2v) is 7.62. The fourth-order valence-electron chi connectivity index (χ4n) is 4.22. The fraction of sp³-hybridized carbons (Fsp3) is 0.500. The lowest BCUT2D eigenvalue weighted by Gasteiger charge is -2.30. The van der Waals surface area contributed by atoms with Crippen LogP contribution in [0.3, 0.4) is 0 Å². The zero-order chi connectivity index (χ0) is 20.5. The first-order chi connectivity index (χ1) is 14.0. The highest BCUT2D eigenvalue weighted by atomic mass is 16.5. The molecule has 29 heavy (non-hydrogen) atoms. The number of rotatable bonds is 5. The molecule has 9 heteroatoms. The summed E-state index contributed by atoms with van der Waals surface area (Å²) in [6, 6.07) is 4.39. The third-order valence-corrected chi connectivity index (χ3v) is 5.78. The Morgan fingerprint density at radius 3 is 2.76 bits per heavy atom. The molecule has 0 aliphatic carbocycles. The molecule has 1 aromatic carbocycles. The molecule has 1 unspecified atom stereocenters. The minimum atomic E-state index is -0.953. The molecule has 4 rings (SSSR count). The molecular weight excluding hydrogens is 376 g/mol. The third-order valence-electron chi connectivity index (χ3n) is 5.78. The van der Waals surface area contributed by atoms with Crippen molar-refractivity contribution in [2.45, 2.75) is 44.0 Å². The van der Waals surface area contributed by atoms with E-state index in [0.717, 1.165) is 30.0 Å². The Kier molecular flexibility index (Phi) is 5.44. The second kappa shape index (κ2) is 8.02. The molecule has 2 saturated heterocycles. The number of carbonyl (C=O) groups excluding carboxylic acids is 4. The molecule has 9 nitrogen and oxygen atoms in total. The predicted molar refractivity (Wildman–Crippen MR) is 102 cm³/mol. The van der Waals surface area contributed by atoms with Gasteiger partial charge in [-0.2, -0.15) is 0 Å². The summed E-state index contributed by atoms with van der Waals surface area (Å²) in [6.07, 6.45) is 1.24. The van der Waals surface area contributed by atoms with Crippen LogP contribution in [0.25, 0.3) is 0 Å². The molecule has 4 amide bonds. The van der Waals surface area contributed by atoms with Crippen LogP contribution in [0.5, 0.6) is 0 Å². The van der Waals surface area contributed by atoms with E-state index in [-0.39, 0.29) is 30.9 Å². The maximum atomic E-state index is 13.1. The lowest BCUT2D eigenvalue weighted by atomic mass is 10.0. The topological polar surface area (TPSA) is 117 Å². The molecule has 0 spiro atoms. The van der Waals surface area contributed by atoms with Gasteiger partial charge in [-0.25, -0.2) is 0 Å². The van der Waals surface area contributed by atoms with Gasteiger partial charge in [0, 0.05) is 39.2 Å². The van der Waals surface area contributed by atoms with E-state index >= 15 is 0 Å². The number of imide groups is 2. The van der Waals surface area contributed by atoms with Crippen molar-refractivity contribution < 1.29 is 23.9 Å². The van der Waals surface area contributed by atoms with E-state index in [0.29, 0.717) is 17.7 Å². The van der Waals surface area contributed by atoms with Crippen LogP contribution >= 0.6 is 0 Å². The maximum Gasteiger partial charge on any atom is 0.262 e. The van der Waals surface area contributed by atoms with Gasteiger partial charge < -0.3 is 15.4 Å². The van der Waals surface area contributed by atoms with Crippen LogP contribution in [-0.2, 0) is 20.9 Å². The predicted octanol–water partition coefficient (Wildman–Crippen LogP) is -0.446. The molecular formula is C20H24N4O5. The van der Waals surface area contributed by atoms with E-state index in [1.54, 1.807) is 19.2 Å². The van der Waals surface area contributed by atoms with Gasteiger partial charge in [-0.1, -0.05) is 12.1 Å². The third kappa shape index (κ3) is 3.68. The highest BCUT2D eigenvalue weighted by molar-refractivity contribution is 6.24. The number of carbonyl (C=O) groups is 4. The summed E-state index contributed by atoms with van der Waals surface area (Å²) in [5.41, 5.74) is 1.35. The molecule has 3 N–H and O–H groups in total.